The van der Waals surface area contributed by atoms with Crippen LogP contribution in [-0.2, 0) is 16.6 Å². The molecule has 0 saturated carbocycles. The van der Waals surface area contributed by atoms with Crippen molar-refractivity contribution < 1.29 is 14.3 Å². The highest BCUT2D eigenvalue weighted by atomic mass is 16.5. The molecule has 1 amide bonds. The van der Waals surface area contributed by atoms with Gasteiger partial charge in [0.2, 0.25) is 0 Å². The highest BCUT2D eigenvalue weighted by Gasteiger charge is 2.18. The molecular formula is C24H33NO3. The minimum absolute atomic E-state index is 0.117. The third-order valence-corrected chi connectivity index (χ3v) is 4.66. The zero-order chi connectivity index (χ0) is 20.6. The van der Waals surface area contributed by atoms with Crippen LogP contribution in [0.3, 0.4) is 0 Å². The second-order valence-corrected chi connectivity index (χ2v) is 7.93. The minimum atomic E-state index is -0.501. The summed E-state index contributed by atoms with van der Waals surface area (Å²) in [6.45, 7) is 11.5. The van der Waals surface area contributed by atoms with Crippen molar-refractivity contribution in [2.24, 2.45) is 0 Å². The average Bonchev–Trinajstić information content (AvgIpc) is 2.69. The van der Waals surface area contributed by atoms with Crippen LogP contribution in [0.2, 0.25) is 0 Å². The van der Waals surface area contributed by atoms with E-state index >= 15 is 0 Å². The van der Waals surface area contributed by atoms with Crippen molar-refractivity contribution in [3.63, 3.8) is 0 Å². The van der Waals surface area contributed by atoms with Crippen molar-refractivity contribution >= 4 is 5.91 Å². The first-order valence-corrected chi connectivity index (χ1v) is 10.1. The Morgan fingerprint density at radius 2 is 1.57 bits per heavy atom. The molecule has 0 radical (unpaired) electrons. The number of ether oxygens (including phenoxy) is 2. The topological polar surface area (TPSA) is 47.6 Å². The van der Waals surface area contributed by atoms with Crippen LogP contribution >= 0.6 is 0 Å². The molecule has 0 heterocycles. The summed E-state index contributed by atoms with van der Waals surface area (Å²) < 4.78 is 11.6. The summed E-state index contributed by atoms with van der Waals surface area (Å²) >= 11 is 0. The number of carbonyl (C=O) groups excluding carboxylic acids is 1. The van der Waals surface area contributed by atoms with Crippen LogP contribution in [0.25, 0.3) is 0 Å². The van der Waals surface area contributed by atoms with Gasteiger partial charge in [-0.3, -0.25) is 4.79 Å². The van der Waals surface area contributed by atoms with E-state index in [2.05, 4.69) is 45.1 Å². The molecule has 0 aliphatic carbocycles. The standard InChI is InChI=1S/C24H33NO3/c1-6-18-8-12-21(13-9-18)28-22(7-2)23(26)25-16-17-27-20-14-10-19(11-15-20)24(3,4)5/h8-15,22H,6-7,16-17H2,1-5H3,(H,25,26)/t22-/m0/s1. The van der Waals surface area contributed by atoms with Crippen LogP contribution < -0.4 is 14.8 Å². The molecule has 152 valence electrons. The van der Waals surface area contributed by atoms with Crippen molar-refractivity contribution in [1.29, 1.82) is 0 Å². The second kappa shape index (κ2) is 10.2. The summed E-state index contributed by atoms with van der Waals surface area (Å²) in [5.41, 5.74) is 2.64. The number of hydrogen-bond donors (Lipinski definition) is 1. The summed E-state index contributed by atoms with van der Waals surface area (Å²) in [7, 11) is 0. The highest BCUT2D eigenvalue weighted by molar-refractivity contribution is 5.81. The second-order valence-electron chi connectivity index (χ2n) is 7.93. The number of hydrogen-bond acceptors (Lipinski definition) is 3. The van der Waals surface area contributed by atoms with Crippen LogP contribution in [0.5, 0.6) is 11.5 Å². The van der Waals surface area contributed by atoms with E-state index in [1.54, 1.807) is 0 Å². The van der Waals surface area contributed by atoms with E-state index in [0.717, 1.165) is 17.9 Å². The zero-order valence-electron chi connectivity index (χ0n) is 17.7. The Kier molecular flexibility index (Phi) is 7.91. The first-order valence-electron chi connectivity index (χ1n) is 10.1. The maximum absolute atomic E-state index is 12.4. The number of amides is 1. The monoisotopic (exact) mass is 383 g/mol. The molecule has 2 aromatic rings. The maximum Gasteiger partial charge on any atom is 0.261 e. The summed E-state index contributed by atoms with van der Waals surface area (Å²) in [5, 5.41) is 2.89. The van der Waals surface area contributed by atoms with Gasteiger partial charge in [-0.15, -0.1) is 0 Å². The molecule has 0 aliphatic rings. The Balaban J connectivity index is 1.76. The van der Waals surface area contributed by atoms with Crippen molar-refractivity contribution in [3.05, 3.63) is 59.7 Å². The van der Waals surface area contributed by atoms with Gasteiger partial charge in [-0.1, -0.05) is 58.9 Å². The van der Waals surface area contributed by atoms with Crippen LogP contribution in [0.4, 0.5) is 0 Å². The third-order valence-electron chi connectivity index (χ3n) is 4.66. The zero-order valence-corrected chi connectivity index (χ0v) is 17.7. The molecule has 0 spiro atoms. The Morgan fingerprint density at radius 1 is 0.964 bits per heavy atom. The lowest BCUT2D eigenvalue weighted by Crippen LogP contribution is -2.39. The molecule has 0 bridgehead atoms. The lowest BCUT2D eigenvalue weighted by molar-refractivity contribution is -0.128. The molecule has 2 aromatic carbocycles. The molecule has 0 aliphatic heterocycles. The Morgan fingerprint density at radius 3 is 2.11 bits per heavy atom. The van der Waals surface area contributed by atoms with Crippen LogP contribution in [0.15, 0.2) is 48.5 Å². The van der Waals surface area contributed by atoms with E-state index in [1.807, 2.05) is 43.3 Å². The fraction of sp³-hybridized carbons (Fsp3) is 0.458. The van der Waals surface area contributed by atoms with Gasteiger partial charge in [0.25, 0.3) is 5.91 Å². The highest BCUT2D eigenvalue weighted by Crippen LogP contribution is 2.24. The van der Waals surface area contributed by atoms with Gasteiger partial charge in [0.15, 0.2) is 6.10 Å². The van der Waals surface area contributed by atoms with Gasteiger partial charge >= 0.3 is 0 Å². The third kappa shape index (κ3) is 6.59. The van der Waals surface area contributed by atoms with Crippen LogP contribution in [0.1, 0.15) is 52.2 Å². The molecule has 1 atom stereocenters. The van der Waals surface area contributed by atoms with Gasteiger partial charge in [-0.2, -0.15) is 0 Å². The smallest absolute Gasteiger partial charge is 0.261 e. The van der Waals surface area contributed by atoms with E-state index in [0.29, 0.717) is 19.6 Å². The van der Waals surface area contributed by atoms with Crippen molar-refractivity contribution in [2.45, 2.75) is 59.0 Å². The van der Waals surface area contributed by atoms with E-state index < -0.39 is 6.10 Å². The number of rotatable bonds is 9. The van der Waals surface area contributed by atoms with Crippen LogP contribution in [0, 0.1) is 0 Å². The summed E-state index contributed by atoms with van der Waals surface area (Å²) in [6.07, 6.45) is 1.09. The SMILES string of the molecule is CCc1ccc(O[C@@H](CC)C(=O)NCCOc2ccc(C(C)(C)C)cc2)cc1. The predicted octanol–water partition coefficient (Wildman–Crippen LogP) is 4.90. The molecule has 2 rings (SSSR count). The van der Waals surface area contributed by atoms with E-state index in [9.17, 15) is 4.79 Å². The number of carbonyl (C=O) groups is 1. The molecular weight excluding hydrogens is 350 g/mol. The van der Waals surface area contributed by atoms with E-state index in [1.165, 1.54) is 11.1 Å². The molecule has 0 saturated heterocycles. The van der Waals surface area contributed by atoms with Gasteiger partial charge in [0, 0.05) is 0 Å². The number of benzene rings is 2. The fourth-order valence-corrected chi connectivity index (χ4v) is 2.80. The Labute approximate surface area is 169 Å². The van der Waals surface area contributed by atoms with Gasteiger partial charge < -0.3 is 14.8 Å². The average molecular weight is 384 g/mol. The van der Waals surface area contributed by atoms with E-state index in [4.69, 9.17) is 9.47 Å². The molecule has 1 N–H and O–H groups in total. The summed E-state index contributed by atoms with van der Waals surface area (Å²) in [5.74, 6) is 1.41. The van der Waals surface area contributed by atoms with Crippen LogP contribution in [-0.4, -0.2) is 25.2 Å². The van der Waals surface area contributed by atoms with Crippen molar-refractivity contribution in [1.82, 2.24) is 5.32 Å². The molecule has 28 heavy (non-hydrogen) atoms. The molecule has 0 aromatic heterocycles. The van der Waals surface area contributed by atoms with Gasteiger partial charge in [-0.25, -0.2) is 0 Å². The predicted molar refractivity (Wildman–Crippen MR) is 114 cm³/mol. The molecule has 0 fully saturated rings. The largest absolute Gasteiger partial charge is 0.492 e. The minimum Gasteiger partial charge on any atom is -0.492 e. The molecule has 0 unspecified atom stereocenters. The Hall–Kier alpha value is -2.49. The molecule has 4 nitrogen and oxygen atoms in total. The Bertz CT molecular complexity index is 730. The maximum atomic E-state index is 12.4. The van der Waals surface area contributed by atoms with E-state index in [-0.39, 0.29) is 11.3 Å². The normalized spacial score (nSPS) is 12.3. The van der Waals surface area contributed by atoms with Gasteiger partial charge in [0.05, 0.1) is 6.54 Å². The van der Waals surface area contributed by atoms with Gasteiger partial charge in [0.1, 0.15) is 18.1 Å². The lowest BCUT2D eigenvalue weighted by atomic mass is 9.87. The number of aryl methyl sites for hydroxylation is 1. The van der Waals surface area contributed by atoms with Gasteiger partial charge in [-0.05, 0) is 53.6 Å². The summed E-state index contributed by atoms with van der Waals surface area (Å²) in [4.78, 5) is 12.4. The molecule has 4 heteroatoms. The number of nitrogens with one attached hydrogen (secondary N) is 1. The summed E-state index contributed by atoms with van der Waals surface area (Å²) in [6, 6.07) is 16.0. The van der Waals surface area contributed by atoms with Crippen molar-refractivity contribution in [3.8, 4) is 11.5 Å². The fourth-order valence-electron chi connectivity index (χ4n) is 2.80. The first kappa shape index (κ1) is 21.8. The quantitative estimate of drug-likeness (QED) is 0.627. The van der Waals surface area contributed by atoms with Crippen molar-refractivity contribution in [2.75, 3.05) is 13.2 Å². The first-order chi connectivity index (χ1) is 13.3. The lowest BCUT2D eigenvalue weighted by Gasteiger charge is -2.19.